The first-order chi connectivity index (χ1) is 37.4. The summed E-state index contributed by atoms with van der Waals surface area (Å²) in [7, 11) is 3.41. The van der Waals surface area contributed by atoms with Crippen molar-refractivity contribution in [1.82, 2.24) is 49.5 Å². The summed E-state index contributed by atoms with van der Waals surface area (Å²) < 4.78 is 16.1. The van der Waals surface area contributed by atoms with Crippen LogP contribution in [0.5, 0.6) is 0 Å². The lowest BCUT2D eigenvalue weighted by atomic mass is 9.85. The molecule has 0 spiro atoms. The average molecular weight is 1180 g/mol. The Kier molecular flexibility index (Phi) is 16.7. The molecule has 13 heterocycles. The Labute approximate surface area is 487 Å². The third-order valence-corrected chi connectivity index (χ3v) is 15.4. The van der Waals surface area contributed by atoms with Crippen LogP contribution in [-0.2, 0) is 23.4 Å². The summed E-state index contributed by atoms with van der Waals surface area (Å²) in [5, 5.41) is 14.6. The largest absolute Gasteiger partial charge is 0.516 e. The lowest BCUT2D eigenvalue weighted by Gasteiger charge is -2.35. The monoisotopic (exact) mass is 1180 g/mol. The Bertz CT molecular complexity index is 3550. The van der Waals surface area contributed by atoms with Gasteiger partial charge in [0.1, 0.15) is 11.6 Å². The zero-order valence-electron chi connectivity index (χ0n) is 45.8. The molecule has 4 amide bonds. The topological polar surface area (TPSA) is 203 Å². The van der Waals surface area contributed by atoms with Crippen molar-refractivity contribution in [2.75, 3.05) is 56.4 Å². The first-order valence-electron chi connectivity index (χ1n) is 26.0. The molecule has 13 rings (SSSR count). The summed E-state index contributed by atoms with van der Waals surface area (Å²) in [6.07, 6.45) is 12.5. The number of nitrogens with zero attached hydrogens (tertiary/aromatic N) is 14. The van der Waals surface area contributed by atoms with Gasteiger partial charge in [-0.1, -0.05) is 15.9 Å². The van der Waals surface area contributed by atoms with Crippen LogP contribution in [-0.4, -0.2) is 118 Å². The molecule has 24 heteroatoms. The molecule has 2 atom stereocenters. The second-order valence-electron chi connectivity index (χ2n) is 21.0. The zero-order valence-corrected chi connectivity index (χ0v) is 49.4. The Morgan fingerprint density at radius 1 is 0.588 bits per heavy atom. The standard InChI is InChI=1S/C25H24N8O.C21H19BrN6O.C10H17BN2O2.2H2S/c1-16-13-17(5-9-26-16)20-3-4-22-24(28-20)33(19-7-12-32(22)15-19)25(34)29-23-14-18(6-10-27-23)21-8-11-31(2)30-21;1-13-10-14(4-7-23-13)17-2-3-18-20(25-17)28(16-6-9-27(18)12-16)21(29)26-19-11-15(22)5-8-24-19;1-9(2)10(3,4)15-11(14-9)8-6-7-13(5)12-8;;/h3-6,8-11,13-14,19H,7,12,15H2,1-2H3,(H,27,29,34);2-5,7-8,10-11,16H,6,9,12H2,1H3,(H,24,26,29);6-7H,1-5H3;2*1H2/t19-;16-;;;/m00.../s1. The second-order valence-corrected chi connectivity index (χ2v) is 21.9. The van der Waals surface area contributed by atoms with E-state index in [1.165, 1.54) is 0 Å². The van der Waals surface area contributed by atoms with Crippen molar-refractivity contribution in [3.8, 4) is 33.8 Å². The SMILES string of the molecule is Cc1cc(-c2ccc3c(n2)N(C(=O)Nc2cc(-c4ccn(C)n4)ccn2)[C@H]2CCN3C2)ccn1.Cc1cc(-c2ccc3c(n2)N(C(=O)Nc2cc(Br)ccn2)[C@H]2CCN3C2)ccn1.Cn1ccc(B2OC(C)(C)C(C)(C)O2)n1.S.S. The van der Waals surface area contributed by atoms with Gasteiger partial charge >= 0.3 is 19.2 Å². The minimum absolute atomic E-state index is 0. The average Bonchev–Trinajstić information content (AvgIpc) is 4.39. The molecule has 20 nitrogen and oxygen atoms in total. The van der Waals surface area contributed by atoms with Crippen molar-refractivity contribution in [2.24, 2.45) is 14.1 Å². The lowest BCUT2D eigenvalue weighted by molar-refractivity contribution is 0.00578. The highest BCUT2D eigenvalue weighted by atomic mass is 79.9. The summed E-state index contributed by atoms with van der Waals surface area (Å²) >= 11 is 3.42. The number of aryl methyl sites for hydroxylation is 4. The van der Waals surface area contributed by atoms with Crippen LogP contribution in [0.3, 0.4) is 0 Å². The van der Waals surface area contributed by atoms with Gasteiger partial charge in [-0.25, -0.2) is 29.5 Å². The lowest BCUT2D eigenvalue weighted by Crippen LogP contribution is -2.48. The van der Waals surface area contributed by atoms with E-state index in [0.717, 1.165) is 106 Å². The van der Waals surface area contributed by atoms with E-state index >= 15 is 0 Å². The molecule has 2 N–H and O–H groups in total. The summed E-state index contributed by atoms with van der Waals surface area (Å²) in [4.78, 5) is 62.0. The number of urea groups is 2. The number of pyridine rings is 6. The minimum atomic E-state index is -0.351. The van der Waals surface area contributed by atoms with Gasteiger partial charge in [0.25, 0.3) is 0 Å². The van der Waals surface area contributed by atoms with Gasteiger partial charge in [0.15, 0.2) is 11.6 Å². The predicted octanol–water partition coefficient (Wildman–Crippen LogP) is 9.06. The van der Waals surface area contributed by atoms with Gasteiger partial charge in [-0.15, -0.1) is 0 Å². The number of rotatable bonds is 6. The van der Waals surface area contributed by atoms with Crippen molar-refractivity contribution >= 4 is 102 Å². The molecule has 5 aliphatic rings. The van der Waals surface area contributed by atoms with Crippen molar-refractivity contribution in [3.05, 3.63) is 138 Å². The number of carbonyl (C=O) groups is 2. The van der Waals surface area contributed by atoms with E-state index in [1.807, 2.05) is 135 Å². The Morgan fingerprint density at radius 2 is 1.05 bits per heavy atom. The first-order valence-corrected chi connectivity index (χ1v) is 26.8. The third kappa shape index (κ3) is 11.9. The fraction of sp³-hybridized carbons (Fsp3) is 0.321. The molecule has 0 radical (unpaired) electrons. The first kappa shape index (κ1) is 57.3. The van der Waals surface area contributed by atoms with E-state index in [9.17, 15) is 9.59 Å². The molecular formula is C56H64BBrN16O4S2. The van der Waals surface area contributed by atoms with Crippen LogP contribution in [0.25, 0.3) is 33.8 Å². The van der Waals surface area contributed by atoms with Crippen LogP contribution in [0.2, 0.25) is 0 Å². The van der Waals surface area contributed by atoms with Gasteiger partial charge in [0.05, 0.1) is 57.3 Å². The van der Waals surface area contributed by atoms with Gasteiger partial charge < -0.3 is 19.1 Å². The van der Waals surface area contributed by atoms with E-state index < -0.39 is 0 Å². The highest BCUT2D eigenvalue weighted by Gasteiger charge is 2.52. The molecule has 0 aromatic carbocycles. The molecular weight excluding hydrogens is 1120 g/mol. The molecule has 0 unspecified atom stereocenters. The van der Waals surface area contributed by atoms with Gasteiger partial charge in [0, 0.05) is 110 Å². The van der Waals surface area contributed by atoms with Gasteiger partial charge in [0.2, 0.25) is 0 Å². The summed E-state index contributed by atoms with van der Waals surface area (Å²) in [5.74, 6) is 2.36. The molecule has 8 aromatic rings. The second kappa shape index (κ2) is 23.4. The smallest absolute Gasteiger partial charge is 0.398 e. The number of hydrogen-bond donors (Lipinski definition) is 2. The van der Waals surface area contributed by atoms with E-state index in [4.69, 9.17) is 19.3 Å². The van der Waals surface area contributed by atoms with Crippen LogP contribution < -0.4 is 35.8 Å². The molecule has 0 aliphatic carbocycles. The van der Waals surface area contributed by atoms with Crippen LogP contribution in [0.1, 0.15) is 51.9 Å². The molecule has 3 fully saturated rings. The predicted molar refractivity (Wildman–Crippen MR) is 327 cm³/mol. The van der Waals surface area contributed by atoms with Crippen molar-refractivity contribution in [1.29, 1.82) is 0 Å². The van der Waals surface area contributed by atoms with E-state index in [0.29, 0.717) is 23.3 Å². The van der Waals surface area contributed by atoms with Crippen molar-refractivity contribution in [3.63, 3.8) is 0 Å². The number of halogens is 1. The maximum Gasteiger partial charge on any atom is 0.516 e. The highest BCUT2D eigenvalue weighted by Crippen LogP contribution is 2.42. The zero-order chi connectivity index (χ0) is 54.5. The Morgan fingerprint density at radius 3 is 1.51 bits per heavy atom. The number of aromatic nitrogens is 10. The van der Waals surface area contributed by atoms with E-state index in [1.54, 1.807) is 50.0 Å². The van der Waals surface area contributed by atoms with E-state index in [2.05, 4.69) is 78.6 Å². The minimum Gasteiger partial charge on any atom is -0.398 e. The normalized spacial score (nSPS) is 17.6. The third-order valence-electron chi connectivity index (χ3n) is 14.9. The van der Waals surface area contributed by atoms with Gasteiger partial charge in [-0.2, -0.15) is 37.2 Å². The van der Waals surface area contributed by atoms with Crippen molar-refractivity contribution < 1.29 is 18.9 Å². The summed E-state index contributed by atoms with van der Waals surface area (Å²) in [6.45, 7) is 15.5. The van der Waals surface area contributed by atoms with Gasteiger partial charge in [-0.3, -0.25) is 39.8 Å². The highest BCUT2D eigenvalue weighted by molar-refractivity contribution is 9.10. The molecule has 414 valence electrons. The fourth-order valence-electron chi connectivity index (χ4n) is 10.2. The number of nitrogens with one attached hydrogen (secondary N) is 2. The van der Waals surface area contributed by atoms with Crippen LogP contribution in [0, 0.1) is 13.8 Å². The van der Waals surface area contributed by atoms with Crippen molar-refractivity contribution in [2.45, 2.75) is 77.7 Å². The Balaban J connectivity index is 0.000000153. The quantitative estimate of drug-likeness (QED) is 0.149. The molecule has 3 saturated heterocycles. The van der Waals surface area contributed by atoms with Gasteiger partial charge in [-0.05, 0) is 139 Å². The molecule has 4 bridgehead atoms. The summed E-state index contributed by atoms with van der Waals surface area (Å²) in [5.41, 5.74) is 9.40. The van der Waals surface area contributed by atoms with Crippen LogP contribution in [0.4, 0.5) is 44.2 Å². The fourth-order valence-corrected chi connectivity index (χ4v) is 10.6. The summed E-state index contributed by atoms with van der Waals surface area (Å²) in [6, 6.07) is 26.9. The number of anilines is 6. The number of hydrogen-bond acceptors (Lipinski definition) is 14. The molecule has 5 aliphatic heterocycles. The van der Waals surface area contributed by atoms with Crippen LogP contribution in [0.15, 0.2) is 127 Å². The maximum atomic E-state index is 13.6. The molecule has 80 heavy (non-hydrogen) atoms. The number of carbonyl (C=O) groups excluding carboxylic acids is 2. The number of amides is 4. The molecule has 0 saturated carbocycles. The molecule has 8 aromatic heterocycles. The maximum absolute atomic E-state index is 13.6. The van der Waals surface area contributed by atoms with E-state index in [-0.39, 0.29) is 69.5 Å². The number of fused-ring (bicyclic) bond motifs is 8. The Hall–Kier alpha value is -7.38. The van der Waals surface area contributed by atoms with Crippen LogP contribution >= 0.6 is 42.9 Å².